The molecule has 4 aromatic carbocycles. The zero-order valence-electron chi connectivity index (χ0n) is 13.0. The fourth-order valence-electron chi connectivity index (χ4n) is 3.87. The highest BCUT2D eigenvalue weighted by Crippen LogP contribution is 2.43. The Bertz CT molecular complexity index is 1020. The second-order valence-corrected chi connectivity index (χ2v) is 6.18. The minimum Gasteiger partial charge on any atom is -0.398 e. The van der Waals surface area contributed by atoms with E-state index in [1.165, 1.54) is 54.6 Å². The second kappa shape index (κ2) is 3.88. The van der Waals surface area contributed by atoms with Gasteiger partial charge in [0.15, 0.2) is 0 Å². The van der Waals surface area contributed by atoms with E-state index in [9.17, 15) is 0 Å². The highest BCUT2D eigenvalue weighted by molar-refractivity contribution is 6.26. The highest BCUT2D eigenvalue weighted by atomic mass is 14.6. The molecule has 2 N–H and O–H groups in total. The summed E-state index contributed by atoms with van der Waals surface area (Å²) in [6, 6.07) is 11.1. The van der Waals surface area contributed by atoms with E-state index in [1.54, 1.807) is 0 Å². The van der Waals surface area contributed by atoms with E-state index in [0.29, 0.717) is 0 Å². The summed E-state index contributed by atoms with van der Waals surface area (Å²) in [5.74, 6) is 0. The second-order valence-electron chi connectivity index (χ2n) is 6.18. The van der Waals surface area contributed by atoms with Crippen LogP contribution in [-0.2, 0) is 0 Å². The number of hydrogen-bond donors (Lipinski definition) is 1. The average Bonchev–Trinajstić information content (AvgIpc) is 2.50. The Labute approximate surface area is 124 Å². The smallest absolute Gasteiger partial charge is 0.0386 e. The van der Waals surface area contributed by atoms with Gasteiger partial charge in [-0.25, -0.2) is 0 Å². The molecule has 1 heteroatoms. The van der Waals surface area contributed by atoms with Gasteiger partial charge in [0.25, 0.3) is 0 Å². The number of aryl methyl sites for hydroxylation is 4. The molecule has 0 aliphatic carbocycles. The van der Waals surface area contributed by atoms with Gasteiger partial charge in [-0.1, -0.05) is 30.3 Å². The summed E-state index contributed by atoms with van der Waals surface area (Å²) in [4.78, 5) is 0. The van der Waals surface area contributed by atoms with E-state index in [1.807, 2.05) is 0 Å². The Kier molecular flexibility index (Phi) is 2.30. The van der Waals surface area contributed by atoms with Gasteiger partial charge in [0.05, 0.1) is 0 Å². The number of nitrogens with two attached hydrogens (primary N) is 1. The van der Waals surface area contributed by atoms with Crippen LogP contribution in [0.1, 0.15) is 22.3 Å². The van der Waals surface area contributed by atoms with E-state index in [2.05, 4.69) is 58.0 Å². The number of anilines is 1. The van der Waals surface area contributed by atoms with E-state index < -0.39 is 0 Å². The number of hydrogen-bond acceptors (Lipinski definition) is 1. The summed E-state index contributed by atoms with van der Waals surface area (Å²) >= 11 is 0. The third-order valence-corrected chi connectivity index (χ3v) is 5.22. The summed E-state index contributed by atoms with van der Waals surface area (Å²) in [7, 11) is 0. The normalized spacial score (nSPS) is 12.0. The average molecular weight is 273 g/mol. The lowest BCUT2D eigenvalue weighted by Crippen LogP contribution is -2.00. The fraction of sp³-hybridized carbons (Fsp3) is 0.200. The molecule has 104 valence electrons. The van der Waals surface area contributed by atoms with Crippen LogP contribution in [0.15, 0.2) is 30.3 Å². The molecule has 0 atom stereocenters. The van der Waals surface area contributed by atoms with E-state index in [4.69, 9.17) is 5.73 Å². The number of benzene rings is 4. The van der Waals surface area contributed by atoms with Crippen molar-refractivity contribution < 1.29 is 0 Å². The van der Waals surface area contributed by atoms with Gasteiger partial charge in [0.2, 0.25) is 0 Å². The first kappa shape index (κ1) is 12.5. The van der Waals surface area contributed by atoms with Crippen LogP contribution in [0.5, 0.6) is 0 Å². The Balaban J connectivity index is 2.53. The molecule has 4 rings (SSSR count). The lowest BCUT2D eigenvalue weighted by molar-refractivity contribution is 1.38. The first-order chi connectivity index (χ1) is 10.0. The van der Waals surface area contributed by atoms with Crippen molar-refractivity contribution in [2.75, 3.05) is 5.73 Å². The molecule has 0 radical (unpaired) electrons. The topological polar surface area (TPSA) is 26.0 Å². The fourth-order valence-corrected chi connectivity index (χ4v) is 3.87. The molecule has 0 unspecified atom stereocenters. The van der Waals surface area contributed by atoms with Crippen molar-refractivity contribution in [1.29, 1.82) is 0 Å². The van der Waals surface area contributed by atoms with Gasteiger partial charge in [0, 0.05) is 5.69 Å². The summed E-state index contributed by atoms with van der Waals surface area (Å²) < 4.78 is 0. The molecule has 1 nitrogen and oxygen atoms in total. The van der Waals surface area contributed by atoms with Crippen molar-refractivity contribution in [2.45, 2.75) is 27.7 Å². The lowest BCUT2D eigenvalue weighted by Gasteiger charge is -2.20. The molecule has 4 aromatic rings. The van der Waals surface area contributed by atoms with Crippen LogP contribution in [0.4, 0.5) is 5.69 Å². The molecule has 0 aromatic heterocycles. The predicted octanol–water partition coefficient (Wildman–Crippen LogP) is 5.40. The van der Waals surface area contributed by atoms with Crippen molar-refractivity contribution in [3.8, 4) is 0 Å². The maximum Gasteiger partial charge on any atom is 0.0386 e. The van der Waals surface area contributed by atoms with Gasteiger partial charge in [-0.05, 0) is 82.3 Å². The van der Waals surface area contributed by atoms with Crippen LogP contribution in [-0.4, -0.2) is 0 Å². The SMILES string of the molecule is Cc1c(C)c2c(C)c(N)c(C)c3ccc4cccc1c4c32. The quantitative estimate of drug-likeness (QED) is 0.337. The number of nitrogen functional groups attached to an aromatic ring is 1. The van der Waals surface area contributed by atoms with Crippen LogP contribution in [0.3, 0.4) is 0 Å². The highest BCUT2D eigenvalue weighted by Gasteiger charge is 2.18. The van der Waals surface area contributed by atoms with E-state index >= 15 is 0 Å². The molecule has 0 amide bonds. The van der Waals surface area contributed by atoms with Crippen LogP contribution in [0.25, 0.3) is 32.3 Å². The van der Waals surface area contributed by atoms with Crippen molar-refractivity contribution in [1.82, 2.24) is 0 Å². The van der Waals surface area contributed by atoms with Gasteiger partial charge in [-0.2, -0.15) is 0 Å². The van der Waals surface area contributed by atoms with Crippen LogP contribution >= 0.6 is 0 Å². The van der Waals surface area contributed by atoms with Gasteiger partial charge >= 0.3 is 0 Å². The van der Waals surface area contributed by atoms with Gasteiger partial charge in [0.1, 0.15) is 0 Å². The number of rotatable bonds is 0. The largest absolute Gasteiger partial charge is 0.398 e. The van der Waals surface area contributed by atoms with Gasteiger partial charge in [-0.15, -0.1) is 0 Å². The third kappa shape index (κ3) is 1.36. The van der Waals surface area contributed by atoms with E-state index in [-0.39, 0.29) is 0 Å². The Morgan fingerprint density at radius 3 is 2.10 bits per heavy atom. The molecule has 0 spiro atoms. The molecule has 21 heavy (non-hydrogen) atoms. The van der Waals surface area contributed by atoms with Crippen LogP contribution < -0.4 is 5.73 Å². The van der Waals surface area contributed by atoms with Crippen molar-refractivity contribution >= 4 is 38.0 Å². The molecular formula is C20H19N. The molecule has 0 heterocycles. The van der Waals surface area contributed by atoms with Crippen molar-refractivity contribution in [2.24, 2.45) is 0 Å². The predicted molar refractivity (Wildman–Crippen MR) is 93.5 cm³/mol. The zero-order chi connectivity index (χ0) is 14.9. The summed E-state index contributed by atoms with van der Waals surface area (Å²) in [5.41, 5.74) is 12.5. The Hall–Kier alpha value is -2.28. The zero-order valence-corrected chi connectivity index (χ0v) is 13.0. The lowest BCUT2D eigenvalue weighted by atomic mass is 9.84. The molecule has 0 aliphatic rings. The first-order valence-corrected chi connectivity index (χ1v) is 7.44. The van der Waals surface area contributed by atoms with E-state index in [0.717, 1.165) is 5.69 Å². The molecule has 0 saturated heterocycles. The third-order valence-electron chi connectivity index (χ3n) is 5.22. The Morgan fingerprint density at radius 1 is 0.619 bits per heavy atom. The Morgan fingerprint density at radius 2 is 1.33 bits per heavy atom. The van der Waals surface area contributed by atoms with Crippen LogP contribution in [0, 0.1) is 27.7 Å². The monoisotopic (exact) mass is 273 g/mol. The molecular weight excluding hydrogens is 254 g/mol. The minimum atomic E-state index is 0.934. The maximum absolute atomic E-state index is 6.37. The van der Waals surface area contributed by atoms with Crippen LogP contribution in [0.2, 0.25) is 0 Å². The van der Waals surface area contributed by atoms with Gasteiger partial charge in [-0.3, -0.25) is 0 Å². The first-order valence-electron chi connectivity index (χ1n) is 7.44. The summed E-state index contributed by atoms with van der Waals surface area (Å²) in [5, 5.41) is 8.09. The standard InChI is InChI=1S/C20H19N/c1-10-11(2)17-13(4)20(21)12(3)16-9-8-14-6-5-7-15(10)18(14)19(16)17/h5-9H,21H2,1-4H3. The summed E-state index contributed by atoms with van der Waals surface area (Å²) in [6.45, 7) is 8.74. The molecule has 0 aliphatic heterocycles. The van der Waals surface area contributed by atoms with Gasteiger partial charge < -0.3 is 5.73 Å². The van der Waals surface area contributed by atoms with Crippen molar-refractivity contribution in [3.05, 3.63) is 52.6 Å². The summed E-state index contributed by atoms with van der Waals surface area (Å²) in [6.07, 6.45) is 0. The molecule has 0 saturated carbocycles. The molecule has 0 fully saturated rings. The minimum absolute atomic E-state index is 0.934. The van der Waals surface area contributed by atoms with Crippen molar-refractivity contribution in [3.63, 3.8) is 0 Å². The molecule has 0 bridgehead atoms. The maximum atomic E-state index is 6.37.